The van der Waals surface area contributed by atoms with Crippen LogP contribution in [0.3, 0.4) is 0 Å². The molecule has 1 amide bonds. The molecule has 0 aromatic heterocycles. The lowest BCUT2D eigenvalue weighted by molar-refractivity contribution is -0.121. The second-order valence-corrected chi connectivity index (χ2v) is 6.37. The molecule has 0 radical (unpaired) electrons. The van der Waals surface area contributed by atoms with Gasteiger partial charge < -0.3 is 10.6 Å². The molecule has 2 aromatic rings. The van der Waals surface area contributed by atoms with Crippen molar-refractivity contribution in [3.63, 3.8) is 0 Å². The number of anilines is 1. The minimum Gasteiger partial charge on any atom is -0.374 e. The van der Waals surface area contributed by atoms with Gasteiger partial charge in [0.05, 0.1) is 0 Å². The Hall–Kier alpha value is -2.36. The maximum atomic E-state index is 12.9. The molecule has 0 saturated carbocycles. The number of benzene rings is 2. The largest absolute Gasteiger partial charge is 0.374 e. The van der Waals surface area contributed by atoms with Crippen molar-refractivity contribution in [1.29, 1.82) is 0 Å². The van der Waals surface area contributed by atoms with Crippen molar-refractivity contribution in [2.75, 3.05) is 11.9 Å². The van der Waals surface area contributed by atoms with Crippen LogP contribution in [-0.4, -0.2) is 18.5 Å². The van der Waals surface area contributed by atoms with Gasteiger partial charge in [-0.1, -0.05) is 18.2 Å². The van der Waals surface area contributed by atoms with Crippen molar-refractivity contribution in [1.82, 2.24) is 5.32 Å². The fourth-order valence-electron chi connectivity index (χ4n) is 3.11. The third kappa shape index (κ3) is 4.13. The van der Waals surface area contributed by atoms with Crippen molar-refractivity contribution < 1.29 is 9.18 Å². The number of halogens is 1. The van der Waals surface area contributed by atoms with Gasteiger partial charge >= 0.3 is 0 Å². The van der Waals surface area contributed by atoms with Crippen LogP contribution in [-0.2, 0) is 24.1 Å². The SMILES string of the molecule is C[C@@H](Nc1ccc2c(c1)CCC2)C(=O)NCCc1ccc(F)cc1. The third-order valence-corrected chi connectivity index (χ3v) is 4.50. The second-order valence-electron chi connectivity index (χ2n) is 6.37. The minimum absolute atomic E-state index is 0.0300. The molecule has 1 aliphatic carbocycles. The van der Waals surface area contributed by atoms with Crippen LogP contribution in [0.1, 0.15) is 30.0 Å². The Bertz CT molecular complexity index is 712. The molecule has 2 N–H and O–H groups in total. The lowest BCUT2D eigenvalue weighted by atomic mass is 10.1. The standard InChI is InChI=1S/C20H23FN2O/c1-14(23-19-10-7-16-3-2-4-17(16)13-19)20(24)22-12-11-15-5-8-18(21)9-6-15/h5-10,13-14,23H,2-4,11-12H2,1H3,(H,22,24)/t14-/m1/s1. The molecular formula is C20H23FN2O. The average molecular weight is 326 g/mol. The summed E-state index contributed by atoms with van der Waals surface area (Å²) in [5, 5.41) is 6.19. The van der Waals surface area contributed by atoms with Crippen LogP contribution in [0.15, 0.2) is 42.5 Å². The molecular weight excluding hydrogens is 303 g/mol. The first-order valence-corrected chi connectivity index (χ1v) is 8.52. The van der Waals surface area contributed by atoms with E-state index in [1.165, 1.54) is 29.7 Å². The zero-order valence-electron chi connectivity index (χ0n) is 13.9. The summed E-state index contributed by atoms with van der Waals surface area (Å²) in [6, 6.07) is 12.4. The molecule has 4 heteroatoms. The Morgan fingerprint density at radius 2 is 1.88 bits per heavy atom. The molecule has 1 aliphatic rings. The molecule has 0 bridgehead atoms. The van der Waals surface area contributed by atoms with E-state index in [-0.39, 0.29) is 17.8 Å². The van der Waals surface area contributed by atoms with Gasteiger partial charge in [-0.05, 0) is 73.6 Å². The molecule has 3 rings (SSSR count). The van der Waals surface area contributed by atoms with Gasteiger partial charge in [-0.3, -0.25) is 4.79 Å². The quantitative estimate of drug-likeness (QED) is 0.853. The molecule has 1 atom stereocenters. The maximum absolute atomic E-state index is 12.9. The first-order chi connectivity index (χ1) is 11.6. The summed E-state index contributed by atoms with van der Waals surface area (Å²) in [6.07, 6.45) is 4.20. The van der Waals surface area contributed by atoms with Gasteiger partial charge in [0.2, 0.25) is 5.91 Å². The van der Waals surface area contributed by atoms with Crippen molar-refractivity contribution in [3.05, 3.63) is 65.0 Å². The van der Waals surface area contributed by atoms with Crippen molar-refractivity contribution in [2.45, 2.75) is 38.6 Å². The lowest BCUT2D eigenvalue weighted by Crippen LogP contribution is -2.38. The molecule has 0 unspecified atom stereocenters. The highest BCUT2D eigenvalue weighted by Crippen LogP contribution is 2.25. The fourth-order valence-corrected chi connectivity index (χ4v) is 3.11. The van der Waals surface area contributed by atoms with Crippen LogP contribution < -0.4 is 10.6 Å². The van der Waals surface area contributed by atoms with Gasteiger partial charge in [-0.2, -0.15) is 0 Å². The number of aryl methyl sites for hydroxylation is 2. The Labute approximate surface area is 142 Å². The predicted octanol–water partition coefficient (Wildman–Crippen LogP) is 3.47. The Balaban J connectivity index is 1.47. The minimum atomic E-state index is -0.294. The number of carbonyl (C=O) groups is 1. The van der Waals surface area contributed by atoms with Crippen LogP contribution in [0, 0.1) is 5.82 Å². The third-order valence-electron chi connectivity index (χ3n) is 4.50. The van der Waals surface area contributed by atoms with Gasteiger partial charge in [0.1, 0.15) is 11.9 Å². The van der Waals surface area contributed by atoms with Crippen LogP contribution in [0.2, 0.25) is 0 Å². The van der Waals surface area contributed by atoms with E-state index in [1.54, 1.807) is 12.1 Å². The van der Waals surface area contributed by atoms with Gasteiger partial charge in [0.25, 0.3) is 0 Å². The molecule has 0 spiro atoms. The van der Waals surface area contributed by atoms with Gasteiger partial charge in [-0.15, -0.1) is 0 Å². The maximum Gasteiger partial charge on any atom is 0.242 e. The molecule has 0 saturated heterocycles. The number of fused-ring (bicyclic) bond motifs is 1. The molecule has 0 fully saturated rings. The van der Waals surface area contributed by atoms with E-state index in [0.29, 0.717) is 13.0 Å². The normalized spacial score (nSPS) is 14.1. The van der Waals surface area contributed by atoms with E-state index >= 15 is 0 Å². The molecule has 3 nitrogen and oxygen atoms in total. The molecule has 2 aromatic carbocycles. The summed E-state index contributed by atoms with van der Waals surface area (Å²) < 4.78 is 12.9. The number of nitrogens with one attached hydrogen (secondary N) is 2. The summed E-state index contributed by atoms with van der Waals surface area (Å²) in [5.41, 5.74) is 4.83. The average Bonchev–Trinajstić information content (AvgIpc) is 3.04. The summed E-state index contributed by atoms with van der Waals surface area (Å²) >= 11 is 0. The monoisotopic (exact) mass is 326 g/mol. The van der Waals surface area contributed by atoms with E-state index in [9.17, 15) is 9.18 Å². The number of carbonyl (C=O) groups excluding carboxylic acids is 1. The van der Waals surface area contributed by atoms with Gasteiger partial charge in [-0.25, -0.2) is 4.39 Å². The highest BCUT2D eigenvalue weighted by molar-refractivity contribution is 5.84. The number of hydrogen-bond donors (Lipinski definition) is 2. The zero-order valence-corrected chi connectivity index (χ0v) is 13.9. The number of hydrogen-bond acceptors (Lipinski definition) is 2. The molecule has 0 heterocycles. The Kier molecular flexibility index (Phi) is 5.14. The van der Waals surface area contributed by atoms with Gasteiger partial charge in [0, 0.05) is 12.2 Å². The van der Waals surface area contributed by atoms with Crippen molar-refractivity contribution in [3.8, 4) is 0 Å². The van der Waals surface area contributed by atoms with Crippen LogP contribution in [0.5, 0.6) is 0 Å². The zero-order chi connectivity index (χ0) is 16.9. The smallest absolute Gasteiger partial charge is 0.242 e. The first kappa shape index (κ1) is 16.5. The van der Waals surface area contributed by atoms with E-state index in [2.05, 4.69) is 22.8 Å². The first-order valence-electron chi connectivity index (χ1n) is 8.52. The molecule has 0 aliphatic heterocycles. The number of amides is 1. The molecule has 126 valence electrons. The van der Waals surface area contributed by atoms with Crippen LogP contribution in [0.25, 0.3) is 0 Å². The van der Waals surface area contributed by atoms with E-state index in [4.69, 9.17) is 0 Å². The Morgan fingerprint density at radius 3 is 2.67 bits per heavy atom. The lowest BCUT2D eigenvalue weighted by Gasteiger charge is -2.16. The summed E-state index contributed by atoms with van der Waals surface area (Å²) in [5.74, 6) is -0.271. The van der Waals surface area contributed by atoms with E-state index < -0.39 is 0 Å². The summed E-state index contributed by atoms with van der Waals surface area (Å²) in [6.45, 7) is 2.40. The predicted molar refractivity (Wildman–Crippen MR) is 94.7 cm³/mol. The Morgan fingerprint density at radius 1 is 1.12 bits per heavy atom. The topological polar surface area (TPSA) is 41.1 Å². The van der Waals surface area contributed by atoms with Gasteiger partial charge in [0.15, 0.2) is 0 Å². The van der Waals surface area contributed by atoms with E-state index in [1.807, 2.05) is 13.0 Å². The second kappa shape index (κ2) is 7.47. The van der Waals surface area contributed by atoms with Crippen molar-refractivity contribution in [2.24, 2.45) is 0 Å². The summed E-state index contributed by atoms with van der Waals surface area (Å²) in [7, 11) is 0. The van der Waals surface area contributed by atoms with Crippen molar-refractivity contribution >= 4 is 11.6 Å². The van der Waals surface area contributed by atoms with E-state index in [0.717, 1.165) is 24.1 Å². The molecule has 24 heavy (non-hydrogen) atoms. The van der Waals surface area contributed by atoms with Crippen LogP contribution >= 0.6 is 0 Å². The highest BCUT2D eigenvalue weighted by atomic mass is 19.1. The fraction of sp³-hybridized carbons (Fsp3) is 0.350. The highest BCUT2D eigenvalue weighted by Gasteiger charge is 2.14. The summed E-state index contributed by atoms with van der Waals surface area (Å²) in [4.78, 5) is 12.2. The number of rotatable bonds is 6. The van der Waals surface area contributed by atoms with Crippen LogP contribution in [0.4, 0.5) is 10.1 Å².